The van der Waals surface area contributed by atoms with Crippen LogP contribution in [0.3, 0.4) is 0 Å². The highest BCUT2D eigenvalue weighted by Gasteiger charge is 2.30. The van der Waals surface area contributed by atoms with E-state index in [1.54, 1.807) is 12.1 Å². The van der Waals surface area contributed by atoms with E-state index < -0.39 is 16.1 Å². The summed E-state index contributed by atoms with van der Waals surface area (Å²) in [6, 6.07) is 18.3. The first-order chi connectivity index (χ1) is 12.5. The van der Waals surface area contributed by atoms with E-state index in [4.69, 9.17) is 11.6 Å². The van der Waals surface area contributed by atoms with Crippen LogP contribution in [-0.2, 0) is 15.8 Å². The maximum atomic E-state index is 12.6. The highest BCUT2D eigenvalue weighted by Crippen LogP contribution is 2.25. The van der Waals surface area contributed by atoms with Gasteiger partial charge in [-0.05, 0) is 23.3 Å². The highest BCUT2D eigenvalue weighted by atomic mass is 35.5. The molecule has 1 heterocycles. The van der Waals surface area contributed by atoms with Crippen LogP contribution in [0.25, 0.3) is 0 Å². The van der Waals surface area contributed by atoms with E-state index in [0.29, 0.717) is 31.2 Å². The molecule has 0 spiro atoms. The van der Waals surface area contributed by atoms with Gasteiger partial charge in [0.05, 0.1) is 11.8 Å². The minimum Gasteiger partial charge on any atom is -0.282 e. The molecule has 136 valence electrons. The predicted molar refractivity (Wildman–Crippen MR) is 102 cm³/mol. The van der Waals surface area contributed by atoms with Crippen molar-refractivity contribution in [3.8, 4) is 6.07 Å². The smallest absolute Gasteiger partial charge is 0.218 e. The van der Waals surface area contributed by atoms with Gasteiger partial charge in [-0.1, -0.05) is 54.1 Å². The second-order valence-electron chi connectivity index (χ2n) is 6.26. The molecule has 1 saturated heterocycles. The van der Waals surface area contributed by atoms with Crippen molar-refractivity contribution in [3.63, 3.8) is 0 Å². The van der Waals surface area contributed by atoms with Crippen LogP contribution in [0.1, 0.15) is 17.2 Å². The predicted octanol–water partition coefficient (Wildman–Crippen LogP) is 3.05. The van der Waals surface area contributed by atoms with Crippen LogP contribution in [0.5, 0.6) is 0 Å². The quantitative estimate of drug-likeness (QED) is 0.788. The SMILES string of the molecule is N#CC(c1cccc(Cl)c1)N1CCN(S(=O)(=O)Cc2ccccc2)CC1. The largest absolute Gasteiger partial charge is 0.282 e. The minimum absolute atomic E-state index is 0.00378. The van der Waals surface area contributed by atoms with Crippen LogP contribution in [0.4, 0.5) is 0 Å². The fourth-order valence-corrected chi connectivity index (χ4v) is 4.87. The fourth-order valence-electron chi connectivity index (χ4n) is 3.16. The molecule has 2 aromatic carbocycles. The van der Waals surface area contributed by atoms with Crippen molar-refractivity contribution in [1.82, 2.24) is 9.21 Å². The van der Waals surface area contributed by atoms with Crippen molar-refractivity contribution in [2.45, 2.75) is 11.8 Å². The zero-order chi connectivity index (χ0) is 18.6. The van der Waals surface area contributed by atoms with Crippen LogP contribution in [0, 0.1) is 11.3 Å². The maximum Gasteiger partial charge on any atom is 0.218 e. The van der Waals surface area contributed by atoms with E-state index >= 15 is 0 Å². The molecule has 0 N–H and O–H groups in total. The Balaban J connectivity index is 1.66. The molecule has 7 heteroatoms. The average Bonchev–Trinajstić information content (AvgIpc) is 2.63. The summed E-state index contributed by atoms with van der Waals surface area (Å²) in [7, 11) is -3.36. The molecule has 0 saturated carbocycles. The molecule has 0 aliphatic carbocycles. The Morgan fingerprint density at radius 3 is 2.35 bits per heavy atom. The summed E-state index contributed by atoms with van der Waals surface area (Å²) in [5, 5.41) is 10.2. The molecule has 1 atom stereocenters. The topological polar surface area (TPSA) is 64.4 Å². The first-order valence-electron chi connectivity index (χ1n) is 8.40. The number of nitriles is 1. The van der Waals surface area contributed by atoms with Crippen LogP contribution >= 0.6 is 11.6 Å². The van der Waals surface area contributed by atoms with Crippen molar-refractivity contribution in [2.24, 2.45) is 0 Å². The Bertz CT molecular complexity index is 889. The van der Waals surface area contributed by atoms with Crippen molar-refractivity contribution in [2.75, 3.05) is 26.2 Å². The van der Waals surface area contributed by atoms with Gasteiger partial charge in [-0.3, -0.25) is 4.90 Å². The Hall–Kier alpha value is -1.91. The second-order valence-corrected chi connectivity index (χ2v) is 8.67. The lowest BCUT2D eigenvalue weighted by molar-refractivity contribution is 0.162. The Morgan fingerprint density at radius 2 is 1.73 bits per heavy atom. The van der Waals surface area contributed by atoms with Gasteiger partial charge in [0.15, 0.2) is 0 Å². The number of halogens is 1. The normalized spacial score (nSPS) is 17.5. The van der Waals surface area contributed by atoms with Crippen molar-refractivity contribution >= 4 is 21.6 Å². The van der Waals surface area contributed by atoms with Crippen molar-refractivity contribution in [3.05, 3.63) is 70.7 Å². The third kappa shape index (κ3) is 4.43. The lowest BCUT2D eigenvalue weighted by atomic mass is 10.1. The van der Waals surface area contributed by atoms with Gasteiger partial charge < -0.3 is 0 Å². The van der Waals surface area contributed by atoms with E-state index in [9.17, 15) is 13.7 Å². The lowest BCUT2D eigenvalue weighted by Gasteiger charge is -2.36. The second kappa shape index (κ2) is 8.19. The standard InChI is InChI=1S/C19H20ClN3O2S/c20-18-8-4-7-17(13-18)19(14-21)22-9-11-23(12-10-22)26(24,25)15-16-5-2-1-3-6-16/h1-8,13,19H,9-12,15H2. The zero-order valence-corrected chi connectivity index (χ0v) is 15.8. The van der Waals surface area contributed by atoms with Gasteiger partial charge in [0, 0.05) is 31.2 Å². The first kappa shape index (κ1) is 18.9. The van der Waals surface area contributed by atoms with Gasteiger partial charge in [-0.15, -0.1) is 0 Å². The summed E-state index contributed by atoms with van der Waals surface area (Å²) < 4.78 is 26.8. The monoisotopic (exact) mass is 389 g/mol. The molecule has 26 heavy (non-hydrogen) atoms. The molecular formula is C19H20ClN3O2S. The molecule has 1 aliphatic heterocycles. The van der Waals surface area contributed by atoms with Crippen LogP contribution in [0.2, 0.25) is 5.02 Å². The van der Waals surface area contributed by atoms with E-state index in [1.807, 2.05) is 47.4 Å². The average molecular weight is 390 g/mol. The Kier molecular flexibility index (Phi) is 5.94. The number of hydrogen-bond donors (Lipinski definition) is 0. The van der Waals surface area contributed by atoms with E-state index in [-0.39, 0.29) is 5.75 Å². The first-order valence-corrected chi connectivity index (χ1v) is 10.4. The van der Waals surface area contributed by atoms with Gasteiger partial charge in [0.25, 0.3) is 0 Å². The molecule has 0 radical (unpaired) electrons. The number of nitrogens with zero attached hydrogens (tertiary/aromatic N) is 3. The molecular weight excluding hydrogens is 370 g/mol. The van der Waals surface area contributed by atoms with Gasteiger partial charge in [-0.2, -0.15) is 9.57 Å². The maximum absolute atomic E-state index is 12.6. The van der Waals surface area contributed by atoms with Gasteiger partial charge in [0.1, 0.15) is 6.04 Å². The van der Waals surface area contributed by atoms with Gasteiger partial charge in [-0.25, -0.2) is 8.42 Å². The molecule has 0 amide bonds. The third-order valence-corrected chi connectivity index (χ3v) is 6.60. The molecule has 0 bridgehead atoms. The summed E-state index contributed by atoms with van der Waals surface area (Å²) in [6.07, 6.45) is 0. The molecule has 3 rings (SSSR count). The zero-order valence-electron chi connectivity index (χ0n) is 14.3. The molecule has 1 aliphatic rings. The van der Waals surface area contributed by atoms with Crippen LogP contribution < -0.4 is 0 Å². The highest BCUT2D eigenvalue weighted by molar-refractivity contribution is 7.88. The summed E-state index contributed by atoms with van der Waals surface area (Å²) in [5.74, 6) is 0.00378. The molecule has 2 aromatic rings. The third-order valence-electron chi connectivity index (χ3n) is 4.51. The summed E-state index contributed by atoms with van der Waals surface area (Å²) in [5.41, 5.74) is 1.62. The van der Waals surface area contributed by atoms with Gasteiger partial charge in [0.2, 0.25) is 10.0 Å². The molecule has 0 aromatic heterocycles. The number of benzene rings is 2. The van der Waals surface area contributed by atoms with Crippen molar-refractivity contribution in [1.29, 1.82) is 5.26 Å². The molecule has 1 unspecified atom stereocenters. The number of rotatable bonds is 5. The Labute approximate surface area is 159 Å². The number of sulfonamides is 1. The fraction of sp³-hybridized carbons (Fsp3) is 0.316. The van der Waals surface area contributed by atoms with Crippen LogP contribution in [-0.4, -0.2) is 43.8 Å². The van der Waals surface area contributed by atoms with E-state index in [2.05, 4.69) is 6.07 Å². The van der Waals surface area contributed by atoms with Crippen LogP contribution in [0.15, 0.2) is 54.6 Å². The van der Waals surface area contributed by atoms with E-state index in [0.717, 1.165) is 11.1 Å². The van der Waals surface area contributed by atoms with E-state index in [1.165, 1.54) is 4.31 Å². The van der Waals surface area contributed by atoms with Gasteiger partial charge >= 0.3 is 0 Å². The Morgan fingerprint density at radius 1 is 1.04 bits per heavy atom. The van der Waals surface area contributed by atoms with Crippen molar-refractivity contribution < 1.29 is 8.42 Å². The summed E-state index contributed by atoms with van der Waals surface area (Å²) >= 11 is 6.03. The number of piperazine rings is 1. The number of hydrogen-bond acceptors (Lipinski definition) is 4. The minimum atomic E-state index is -3.36. The lowest BCUT2D eigenvalue weighted by Crippen LogP contribution is -2.49. The summed E-state index contributed by atoms with van der Waals surface area (Å²) in [6.45, 7) is 1.79. The molecule has 1 fully saturated rings. The molecule has 5 nitrogen and oxygen atoms in total. The summed E-state index contributed by atoms with van der Waals surface area (Å²) in [4.78, 5) is 2.00.